The average molecular weight is 944 g/mol. The van der Waals surface area contributed by atoms with E-state index in [-0.39, 0.29) is 10.8 Å². The fourth-order valence-corrected chi connectivity index (χ4v) is 14.2. The van der Waals surface area contributed by atoms with Crippen LogP contribution in [0.5, 0.6) is 0 Å². The second-order valence-corrected chi connectivity index (χ2v) is 21.9. The normalized spacial score (nSPS) is 14.8. The van der Waals surface area contributed by atoms with Crippen molar-refractivity contribution in [2.24, 2.45) is 0 Å². The molecule has 0 saturated heterocycles. The highest BCUT2D eigenvalue weighted by Crippen LogP contribution is 2.63. The molecule has 15 rings (SSSR count). The van der Waals surface area contributed by atoms with Crippen LogP contribution >= 0.6 is 0 Å². The molecule has 1 nitrogen and oxygen atoms in total. The van der Waals surface area contributed by atoms with Crippen molar-refractivity contribution in [1.29, 1.82) is 0 Å². The van der Waals surface area contributed by atoms with Crippen molar-refractivity contribution >= 4 is 17.1 Å². The molecule has 0 saturated carbocycles. The summed E-state index contributed by atoms with van der Waals surface area (Å²) in [6.45, 7) is 9.49. The van der Waals surface area contributed by atoms with E-state index in [1.165, 1.54) is 122 Å². The lowest BCUT2D eigenvalue weighted by Crippen LogP contribution is -2.26. The first kappa shape index (κ1) is 42.9. The largest absolute Gasteiger partial charge is 0.310 e. The van der Waals surface area contributed by atoms with Gasteiger partial charge in [0, 0.05) is 27.9 Å². The van der Waals surface area contributed by atoms with E-state index in [4.69, 9.17) is 0 Å². The van der Waals surface area contributed by atoms with Crippen molar-refractivity contribution < 1.29 is 0 Å². The maximum absolute atomic E-state index is 2.50. The molecular weight excluding hydrogens is 891 g/mol. The molecule has 0 bridgehead atoms. The predicted octanol–water partition coefficient (Wildman–Crippen LogP) is 19.1. The topological polar surface area (TPSA) is 3.24 Å². The van der Waals surface area contributed by atoms with E-state index >= 15 is 0 Å². The molecule has 0 aromatic heterocycles. The van der Waals surface area contributed by atoms with Gasteiger partial charge >= 0.3 is 0 Å². The average Bonchev–Trinajstić information content (AvgIpc) is 4.15. The smallest absolute Gasteiger partial charge is 0.0726 e. The Morgan fingerprint density at radius 3 is 1.16 bits per heavy atom. The highest BCUT2D eigenvalue weighted by atomic mass is 15.1. The minimum atomic E-state index is -0.452. The van der Waals surface area contributed by atoms with Crippen molar-refractivity contribution in [2.75, 3.05) is 4.90 Å². The van der Waals surface area contributed by atoms with Gasteiger partial charge in [0.1, 0.15) is 0 Å². The molecule has 350 valence electrons. The molecule has 1 heteroatoms. The summed E-state index contributed by atoms with van der Waals surface area (Å²) in [5, 5.41) is 0. The third-order valence-electron chi connectivity index (χ3n) is 17.5. The summed E-state index contributed by atoms with van der Waals surface area (Å²) in [7, 11) is 0. The van der Waals surface area contributed by atoms with Gasteiger partial charge in [0.2, 0.25) is 0 Å². The van der Waals surface area contributed by atoms with Gasteiger partial charge in [0.25, 0.3) is 0 Å². The molecule has 11 aromatic carbocycles. The zero-order chi connectivity index (χ0) is 49.5. The van der Waals surface area contributed by atoms with Gasteiger partial charge in [-0.3, -0.25) is 0 Å². The number of fused-ring (bicyclic) bond motifs is 16. The Hall–Kier alpha value is -8.78. The van der Waals surface area contributed by atoms with Gasteiger partial charge in [0.05, 0.1) is 5.41 Å². The number of hydrogen-bond acceptors (Lipinski definition) is 1. The fourth-order valence-electron chi connectivity index (χ4n) is 14.2. The summed E-state index contributed by atoms with van der Waals surface area (Å²) in [5.41, 5.74) is 31.6. The maximum atomic E-state index is 2.50. The highest BCUT2D eigenvalue weighted by Gasteiger charge is 2.51. The Bertz CT molecular complexity index is 4060. The van der Waals surface area contributed by atoms with Crippen LogP contribution in [0, 0.1) is 0 Å². The fraction of sp³-hybridized carbons (Fsp3) is 0.0959. The summed E-state index contributed by atoms with van der Waals surface area (Å²) < 4.78 is 0. The third-order valence-corrected chi connectivity index (χ3v) is 17.5. The summed E-state index contributed by atoms with van der Waals surface area (Å²) in [6.07, 6.45) is 0. The van der Waals surface area contributed by atoms with Gasteiger partial charge in [-0.25, -0.2) is 0 Å². The van der Waals surface area contributed by atoms with Crippen molar-refractivity contribution in [3.8, 4) is 77.9 Å². The molecule has 11 aromatic rings. The van der Waals surface area contributed by atoms with Gasteiger partial charge in [-0.05, 0) is 165 Å². The van der Waals surface area contributed by atoms with E-state index in [2.05, 4.69) is 281 Å². The van der Waals surface area contributed by atoms with Crippen molar-refractivity contribution in [1.82, 2.24) is 0 Å². The lowest BCUT2D eigenvalue weighted by molar-refractivity contribution is 0.660. The number of anilines is 3. The van der Waals surface area contributed by atoms with Gasteiger partial charge in [-0.15, -0.1) is 0 Å². The Morgan fingerprint density at radius 2 is 0.595 bits per heavy atom. The van der Waals surface area contributed by atoms with E-state index < -0.39 is 5.41 Å². The van der Waals surface area contributed by atoms with Crippen LogP contribution in [0.2, 0.25) is 0 Å². The molecule has 4 aliphatic carbocycles. The van der Waals surface area contributed by atoms with Gasteiger partial charge in [-0.2, -0.15) is 0 Å². The Morgan fingerprint density at radius 1 is 0.230 bits per heavy atom. The second kappa shape index (κ2) is 15.6. The first-order valence-electron chi connectivity index (χ1n) is 26.2. The zero-order valence-electron chi connectivity index (χ0n) is 42.1. The van der Waals surface area contributed by atoms with E-state index in [1.54, 1.807) is 0 Å². The standard InChI is InChI=1S/C73H53N/c1-71(2)63-27-12-7-20-54(63)59-42-36-48(44-68(59)71)46-32-37-49(38-33-46)74(51-41-43-60-57-23-11-16-31-67(57)73(69(60)45-51)65-29-14-9-21-55(65)56-22-10-15-30-66(56)73)50-39-34-47(35-40-50)52-18-5-6-19-53(52)61-25-17-26-62-58-24-8-13-28-64(58)72(3,4)70(61)62/h5-45H,1-4H3. The molecule has 74 heavy (non-hydrogen) atoms. The first-order chi connectivity index (χ1) is 36.2. The van der Waals surface area contributed by atoms with Crippen molar-refractivity contribution in [3.05, 3.63) is 293 Å². The first-order valence-corrected chi connectivity index (χ1v) is 26.2. The van der Waals surface area contributed by atoms with Gasteiger partial charge < -0.3 is 4.90 Å². The molecule has 0 atom stereocenters. The van der Waals surface area contributed by atoms with Crippen LogP contribution in [-0.4, -0.2) is 0 Å². The van der Waals surface area contributed by atoms with Crippen LogP contribution in [0.4, 0.5) is 17.1 Å². The molecule has 0 unspecified atom stereocenters. The van der Waals surface area contributed by atoms with E-state index in [9.17, 15) is 0 Å². The lowest BCUT2D eigenvalue weighted by Gasteiger charge is -2.32. The molecule has 0 amide bonds. The van der Waals surface area contributed by atoms with Gasteiger partial charge in [-0.1, -0.05) is 234 Å². The van der Waals surface area contributed by atoms with E-state index in [0.29, 0.717) is 0 Å². The van der Waals surface area contributed by atoms with E-state index in [0.717, 1.165) is 17.1 Å². The molecule has 4 aliphatic rings. The molecule has 0 radical (unpaired) electrons. The summed E-state index contributed by atoms with van der Waals surface area (Å²) in [6, 6.07) is 93.8. The minimum Gasteiger partial charge on any atom is -0.310 e. The summed E-state index contributed by atoms with van der Waals surface area (Å²) >= 11 is 0. The van der Waals surface area contributed by atoms with Crippen LogP contribution < -0.4 is 4.90 Å². The van der Waals surface area contributed by atoms with Crippen LogP contribution in [0.3, 0.4) is 0 Å². The Labute approximate surface area is 434 Å². The number of benzene rings is 11. The van der Waals surface area contributed by atoms with Crippen molar-refractivity contribution in [2.45, 2.75) is 43.9 Å². The lowest BCUT2D eigenvalue weighted by atomic mass is 9.70. The molecule has 1 spiro atoms. The number of nitrogens with zero attached hydrogens (tertiary/aromatic N) is 1. The molecule has 0 heterocycles. The second-order valence-electron chi connectivity index (χ2n) is 21.9. The molecule has 0 aliphatic heterocycles. The number of hydrogen-bond donors (Lipinski definition) is 0. The monoisotopic (exact) mass is 943 g/mol. The minimum absolute atomic E-state index is 0.0696. The maximum Gasteiger partial charge on any atom is 0.0726 e. The van der Waals surface area contributed by atoms with Crippen LogP contribution in [0.25, 0.3) is 77.9 Å². The highest BCUT2D eigenvalue weighted by molar-refractivity contribution is 5.97. The Balaban J connectivity index is 0.879. The number of rotatable bonds is 6. The SMILES string of the molecule is CC1(C)c2ccccc2-c2ccc(-c3ccc(N(c4ccc(-c5ccccc5-c5cccc6c5C(C)(C)c5ccccc5-6)cc4)c4ccc5c(c4)C4(c6ccccc6-c6ccccc64)c4ccccc4-5)cc3)cc21. The third kappa shape index (κ3) is 5.81. The predicted molar refractivity (Wildman–Crippen MR) is 309 cm³/mol. The molecule has 0 N–H and O–H groups in total. The molecule has 0 fully saturated rings. The van der Waals surface area contributed by atoms with E-state index in [1.807, 2.05) is 0 Å². The van der Waals surface area contributed by atoms with Crippen LogP contribution in [0.15, 0.2) is 249 Å². The zero-order valence-corrected chi connectivity index (χ0v) is 42.1. The van der Waals surface area contributed by atoms with Crippen molar-refractivity contribution in [3.63, 3.8) is 0 Å². The quantitative estimate of drug-likeness (QED) is 0.161. The molecular formula is C73H53N. The summed E-state index contributed by atoms with van der Waals surface area (Å²) in [4.78, 5) is 2.47. The summed E-state index contributed by atoms with van der Waals surface area (Å²) in [5.74, 6) is 0. The van der Waals surface area contributed by atoms with Crippen LogP contribution in [-0.2, 0) is 16.2 Å². The Kier molecular flexibility index (Phi) is 9.04. The van der Waals surface area contributed by atoms with Crippen LogP contribution in [0.1, 0.15) is 72.2 Å². The van der Waals surface area contributed by atoms with Gasteiger partial charge in [0.15, 0.2) is 0 Å².